The van der Waals surface area contributed by atoms with Crippen LogP contribution < -0.4 is 14.8 Å². The van der Waals surface area contributed by atoms with E-state index >= 15 is 0 Å². The number of carbonyl (C=O) groups is 3. The van der Waals surface area contributed by atoms with E-state index < -0.39 is 0 Å². The van der Waals surface area contributed by atoms with Crippen molar-refractivity contribution in [3.8, 4) is 11.5 Å². The van der Waals surface area contributed by atoms with Crippen LogP contribution in [0.5, 0.6) is 11.5 Å². The Kier molecular flexibility index (Phi) is 4.36. The van der Waals surface area contributed by atoms with Gasteiger partial charge in [-0.25, -0.2) is 0 Å². The molecule has 1 aliphatic carbocycles. The van der Waals surface area contributed by atoms with Crippen molar-refractivity contribution < 1.29 is 23.9 Å². The summed E-state index contributed by atoms with van der Waals surface area (Å²) >= 11 is 0. The lowest BCUT2D eigenvalue weighted by atomic mass is 9.85. The monoisotopic (exact) mass is 356 g/mol. The zero-order valence-electron chi connectivity index (χ0n) is 14.3. The highest BCUT2D eigenvalue weighted by Crippen LogP contribution is 2.35. The van der Waals surface area contributed by atoms with E-state index in [0.717, 1.165) is 16.2 Å². The number of imide groups is 1. The molecule has 1 N–H and O–H groups in total. The van der Waals surface area contributed by atoms with E-state index in [1.807, 2.05) is 30.4 Å². The minimum absolute atomic E-state index is 0.203. The fourth-order valence-electron chi connectivity index (χ4n) is 3.67. The average molecular weight is 356 g/mol. The topological polar surface area (TPSA) is 84.9 Å². The number of hydrogen-bond acceptors (Lipinski definition) is 5. The molecule has 1 aromatic carbocycles. The SMILES string of the molecule is O=C(CN1C(=O)C2CC=CCC2C1=O)NCCc1ccc2c(c1)OCO2. The van der Waals surface area contributed by atoms with Gasteiger partial charge in [0.2, 0.25) is 24.5 Å². The van der Waals surface area contributed by atoms with Gasteiger partial charge in [-0.3, -0.25) is 19.3 Å². The Morgan fingerprint density at radius 3 is 2.50 bits per heavy atom. The van der Waals surface area contributed by atoms with Gasteiger partial charge < -0.3 is 14.8 Å². The fourth-order valence-corrected chi connectivity index (χ4v) is 3.67. The van der Waals surface area contributed by atoms with Gasteiger partial charge in [0.05, 0.1) is 11.8 Å². The lowest BCUT2D eigenvalue weighted by Gasteiger charge is -2.14. The lowest BCUT2D eigenvalue weighted by Crippen LogP contribution is -2.41. The van der Waals surface area contributed by atoms with Gasteiger partial charge in [0, 0.05) is 6.54 Å². The molecule has 2 aliphatic heterocycles. The Balaban J connectivity index is 1.28. The molecular weight excluding hydrogens is 336 g/mol. The normalized spacial score (nSPS) is 23.3. The molecule has 2 unspecified atom stereocenters. The van der Waals surface area contributed by atoms with E-state index in [1.165, 1.54) is 0 Å². The molecule has 26 heavy (non-hydrogen) atoms. The molecule has 3 amide bonds. The van der Waals surface area contributed by atoms with Crippen LogP contribution >= 0.6 is 0 Å². The highest BCUT2D eigenvalue weighted by molar-refractivity contribution is 6.07. The standard InChI is InChI=1S/C19H20N2O5/c22-17(10-21-18(23)13-3-1-2-4-14(13)19(21)24)20-8-7-12-5-6-15-16(9-12)26-11-25-15/h1-2,5-6,9,13-14H,3-4,7-8,10-11H2,(H,20,22). The van der Waals surface area contributed by atoms with Crippen molar-refractivity contribution in [2.45, 2.75) is 19.3 Å². The molecule has 136 valence electrons. The molecule has 7 heteroatoms. The Bertz CT molecular complexity index is 762. The quantitative estimate of drug-likeness (QED) is 0.629. The Labute approximate surface area is 150 Å². The molecule has 2 atom stereocenters. The molecule has 0 bridgehead atoms. The van der Waals surface area contributed by atoms with E-state index in [9.17, 15) is 14.4 Å². The maximum atomic E-state index is 12.4. The van der Waals surface area contributed by atoms with Gasteiger partial charge in [0.15, 0.2) is 11.5 Å². The van der Waals surface area contributed by atoms with Gasteiger partial charge in [-0.2, -0.15) is 0 Å². The molecule has 1 fully saturated rings. The van der Waals surface area contributed by atoms with E-state index in [1.54, 1.807) is 0 Å². The molecule has 0 saturated carbocycles. The highest BCUT2D eigenvalue weighted by Gasteiger charge is 2.47. The van der Waals surface area contributed by atoms with Crippen molar-refractivity contribution in [3.63, 3.8) is 0 Å². The lowest BCUT2D eigenvalue weighted by molar-refractivity contribution is -0.143. The number of rotatable bonds is 5. The molecule has 0 radical (unpaired) electrons. The first-order valence-electron chi connectivity index (χ1n) is 8.79. The molecule has 1 aromatic rings. The van der Waals surface area contributed by atoms with Crippen molar-refractivity contribution in [1.29, 1.82) is 0 Å². The van der Waals surface area contributed by atoms with Gasteiger partial charge in [-0.05, 0) is 37.0 Å². The predicted octanol–water partition coefficient (Wildman–Crippen LogP) is 1.03. The smallest absolute Gasteiger partial charge is 0.240 e. The first kappa shape index (κ1) is 16.6. The predicted molar refractivity (Wildman–Crippen MR) is 91.4 cm³/mol. The summed E-state index contributed by atoms with van der Waals surface area (Å²) in [6, 6.07) is 5.65. The van der Waals surface area contributed by atoms with Crippen LogP contribution in [-0.4, -0.2) is 42.5 Å². The third kappa shape index (κ3) is 3.05. The van der Waals surface area contributed by atoms with Gasteiger partial charge >= 0.3 is 0 Å². The largest absolute Gasteiger partial charge is 0.454 e. The molecule has 0 spiro atoms. The minimum Gasteiger partial charge on any atom is -0.454 e. The summed E-state index contributed by atoms with van der Waals surface area (Å²) in [5, 5.41) is 2.78. The number of carbonyl (C=O) groups excluding carboxylic acids is 3. The number of benzene rings is 1. The Hall–Kier alpha value is -2.83. The van der Waals surface area contributed by atoms with Crippen LogP contribution in [0.4, 0.5) is 0 Å². The molecule has 7 nitrogen and oxygen atoms in total. The number of allylic oxidation sites excluding steroid dienone is 2. The van der Waals surface area contributed by atoms with Crippen LogP contribution in [0, 0.1) is 11.8 Å². The third-order valence-electron chi connectivity index (χ3n) is 5.07. The second-order valence-corrected chi connectivity index (χ2v) is 6.71. The molecule has 0 aromatic heterocycles. The van der Waals surface area contributed by atoms with Crippen molar-refractivity contribution >= 4 is 17.7 Å². The number of fused-ring (bicyclic) bond motifs is 2. The van der Waals surface area contributed by atoms with E-state index in [-0.39, 0.29) is 42.9 Å². The van der Waals surface area contributed by atoms with E-state index in [4.69, 9.17) is 9.47 Å². The van der Waals surface area contributed by atoms with E-state index in [2.05, 4.69) is 5.32 Å². The number of nitrogens with zero attached hydrogens (tertiary/aromatic N) is 1. The van der Waals surface area contributed by atoms with Gasteiger partial charge in [0.1, 0.15) is 6.54 Å². The van der Waals surface area contributed by atoms with Crippen LogP contribution in [0.25, 0.3) is 0 Å². The van der Waals surface area contributed by atoms with Crippen molar-refractivity contribution in [1.82, 2.24) is 10.2 Å². The summed E-state index contributed by atoms with van der Waals surface area (Å²) in [6.45, 7) is 0.444. The number of amides is 3. The number of ether oxygens (including phenoxy) is 2. The van der Waals surface area contributed by atoms with Gasteiger partial charge in [-0.15, -0.1) is 0 Å². The summed E-state index contributed by atoms with van der Waals surface area (Å²) in [5.41, 5.74) is 1.01. The van der Waals surface area contributed by atoms with Crippen LogP contribution in [-0.2, 0) is 20.8 Å². The Morgan fingerprint density at radius 2 is 1.77 bits per heavy atom. The maximum Gasteiger partial charge on any atom is 0.240 e. The minimum atomic E-state index is -0.320. The second kappa shape index (κ2) is 6.82. The number of nitrogens with one attached hydrogen (secondary N) is 1. The highest BCUT2D eigenvalue weighted by atomic mass is 16.7. The van der Waals surface area contributed by atoms with Gasteiger partial charge in [-0.1, -0.05) is 18.2 Å². The van der Waals surface area contributed by atoms with Crippen LogP contribution in [0.3, 0.4) is 0 Å². The number of likely N-dealkylation sites (tertiary alicyclic amines) is 1. The van der Waals surface area contributed by atoms with Crippen molar-refractivity contribution in [2.75, 3.05) is 19.9 Å². The summed E-state index contributed by atoms with van der Waals surface area (Å²) in [5.74, 6) is 0.0607. The number of hydrogen-bond donors (Lipinski definition) is 1. The van der Waals surface area contributed by atoms with Crippen LogP contribution in [0.2, 0.25) is 0 Å². The third-order valence-corrected chi connectivity index (χ3v) is 5.07. The molecule has 3 aliphatic rings. The van der Waals surface area contributed by atoms with Crippen molar-refractivity contribution in [2.24, 2.45) is 11.8 Å². The zero-order valence-corrected chi connectivity index (χ0v) is 14.3. The molecule has 4 rings (SSSR count). The summed E-state index contributed by atoms with van der Waals surface area (Å²) in [4.78, 5) is 38.0. The first-order valence-corrected chi connectivity index (χ1v) is 8.79. The fraction of sp³-hybridized carbons (Fsp3) is 0.421. The maximum absolute atomic E-state index is 12.4. The van der Waals surface area contributed by atoms with Crippen LogP contribution in [0.1, 0.15) is 18.4 Å². The Morgan fingerprint density at radius 1 is 1.08 bits per heavy atom. The van der Waals surface area contributed by atoms with Crippen molar-refractivity contribution in [3.05, 3.63) is 35.9 Å². The first-order chi connectivity index (χ1) is 12.6. The summed E-state index contributed by atoms with van der Waals surface area (Å²) in [7, 11) is 0. The zero-order chi connectivity index (χ0) is 18.1. The molecule has 2 heterocycles. The summed E-state index contributed by atoms with van der Waals surface area (Å²) in [6.07, 6.45) is 5.65. The molecule has 1 saturated heterocycles. The molecular formula is C19H20N2O5. The van der Waals surface area contributed by atoms with Crippen LogP contribution in [0.15, 0.2) is 30.4 Å². The second-order valence-electron chi connectivity index (χ2n) is 6.71. The summed E-state index contributed by atoms with van der Waals surface area (Å²) < 4.78 is 10.6. The average Bonchev–Trinajstić information content (AvgIpc) is 3.21. The van der Waals surface area contributed by atoms with Gasteiger partial charge in [0.25, 0.3) is 0 Å². The van der Waals surface area contributed by atoms with E-state index in [0.29, 0.717) is 31.6 Å².